The van der Waals surface area contributed by atoms with Gasteiger partial charge in [0.05, 0.1) is 0 Å². The fourth-order valence-corrected chi connectivity index (χ4v) is 9.99. The second-order valence-electron chi connectivity index (χ2n) is 22.7. The van der Waals surface area contributed by atoms with Crippen LogP contribution in [0.3, 0.4) is 0 Å². The van der Waals surface area contributed by atoms with Crippen molar-refractivity contribution in [1.29, 1.82) is 0 Å². The second-order valence-corrected chi connectivity index (χ2v) is 22.7. The second kappa shape index (κ2) is 65.6. The molecule has 6 nitrogen and oxygen atoms in total. The molecule has 0 saturated carbocycles. The summed E-state index contributed by atoms with van der Waals surface area (Å²) < 4.78 is 16.9. The number of hydrogen-bond acceptors (Lipinski definition) is 6. The van der Waals surface area contributed by atoms with E-state index in [0.717, 1.165) is 64.2 Å². The molecule has 0 aromatic rings. The Labute approximate surface area is 479 Å². The standard InChI is InChI=1S/C71H128O6/c1-4-7-10-13-16-19-22-25-27-29-31-32-33-34-35-36-37-38-39-40-42-43-46-49-52-55-58-61-64-70(73)76-67-68(66-75-69(72)63-60-57-54-51-48-45-24-21-18-15-12-9-6-3)77-71(74)65-62-59-56-53-50-47-44-41-30-28-26-23-20-17-14-11-8-5-2/h9,12,18,21,28,30,45,48,54,57,68H,4-8,10-11,13-17,19-20,22-27,29,31-44,46-47,49-53,55-56,58-67H2,1-3H3/b12-9-,21-18-,30-28-,48-45-,57-54-. The van der Waals surface area contributed by atoms with Gasteiger partial charge in [-0.3, -0.25) is 14.4 Å². The molecule has 0 bridgehead atoms. The van der Waals surface area contributed by atoms with Crippen molar-refractivity contribution in [3.05, 3.63) is 60.8 Å². The Balaban J connectivity index is 4.23. The summed E-state index contributed by atoms with van der Waals surface area (Å²) in [5, 5.41) is 0. The van der Waals surface area contributed by atoms with Crippen molar-refractivity contribution in [3.63, 3.8) is 0 Å². The maximum absolute atomic E-state index is 12.9. The maximum atomic E-state index is 12.9. The summed E-state index contributed by atoms with van der Waals surface area (Å²) in [7, 11) is 0. The van der Waals surface area contributed by atoms with Gasteiger partial charge in [0.15, 0.2) is 6.10 Å². The predicted molar refractivity (Wildman–Crippen MR) is 335 cm³/mol. The summed E-state index contributed by atoms with van der Waals surface area (Å²) >= 11 is 0. The zero-order chi connectivity index (χ0) is 55.7. The topological polar surface area (TPSA) is 78.9 Å². The minimum atomic E-state index is -0.805. The fourth-order valence-electron chi connectivity index (χ4n) is 9.99. The van der Waals surface area contributed by atoms with Gasteiger partial charge in [0.25, 0.3) is 0 Å². The van der Waals surface area contributed by atoms with Gasteiger partial charge in [-0.2, -0.15) is 0 Å². The van der Waals surface area contributed by atoms with Crippen LogP contribution in [0.25, 0.3) is 0 Å². The minimum absolute atomic E-state index is 0.0947. The van der Waals surface area contributed by atoms with E-state index < -0.39 is 6.10 Å². The smallest absolute Gasteiger partial charge is 0.306 e. The Bertz CT molecular complexity index is 1380. The van der Waals surface area contributed by atoms with Crippen molar-refractivity contribution < 1.29 is 28.6 Å². The van der Waals surface area contributed by atoms with Gasteiger partial charge in [0.1, 0.15) is 13.2 Å². The predicted octanol–water partition coefficient (Wildman–Crippen LogP) is 23.1. The van der Waals surface area contributed by atoms with Crippen molar-refractivity contribution in [1.82, 2.24) is 0 Å². The van der Waals surface area contributed by atoms with Crippen molar-refractivity contribution in [2.75, 3.05) is 13.2 Å². The van der Waals surface area contributed by atoms with Crippen LogP contribution in [0, 0.1) is 0 Å². The van der Waals surface area contributed by atoms with Crippen molar-refractivity contribution in [2.45, 2.75) is 361 Å². The Hall–Kier alpha value is -2.89. The summed E-state index contributed by atoms with van der Waals surface area (Å²) in [4.78, 5) is 38.3. The van der Waals surface area contributed by atoms with Crippen LogP contribution in [0.4, 0.5) is 0 Å². The van der Waals surface area contributed by atoms with E-state index in [9.17, 15) is 14.4 Å². The Kier molecular flexibility index (Phi) is 63.2. The largest absolute Gasteiger partial charge is 0.462 e. The molecule has 0 aliphatic heterocycles. The number of unbranched alkanes of at least 4 members (excludes halogenated alkanes) is 41. The van der Waals surface area contributed by atoms with E-state index in [1.807, 2.05) is 6.08 Å². The Morgan fingerprint density at radius 3 is 0.870 bits per heavy atom. The molecule has 0 spiro atoms. The van der Waals surface area contributed by atoms with Crippen LogP contribution < -0.4 is 0 Å². The number of hydrogen-bond donors (Lipinski definition) is 0. The van der Waals surface area contributed by atoms with Crippen molar-refractivity contribution in [3.8, 4) is 0 Å². The van der Waals surface area contributed by atoms with Gasteiger partial charge in [0.2, 0.25) is 0 Å². The van der Waals surface area contributed by atoms with Crippen LogP contribution in [0.1, 0.15) is 355 Å². The van der Waals surface area contributed by atoms with Crippen molar-refractivity contribution in [2.24, 2.45) is 0 Å². The van der Waals surface area contributed by atoms with E-state index in [1.165, 1.54) is 244 Å². The molecule has 0 aliphatic rings. The lowest BCUT2D eigenvalue weighted by Gasteiger charge is -2.18. The van der Waals surface area contributed by atoms with Gasteiger partial charge in [-0.15, -0.1) is 0 Å². The molecule has 0 rings (SSSR count). The van der Waals surface area contributed by atoms with Gasteiger partial charge < -0.3 is 14.2 Å². The number of ether oxygens (including phenoxy) is 3. The van der Waals surface area contributed by atoms with Crippen LogP contribution in [-0.4, -0.2) is 37.2 Å². The summed E-state index contributed by atoms with van der Waals surface area (Å²) in [6.07, 6.45) is 84.2. The molecule has 1 unspecified atom stereocenters. The lowest BCUT2D eigenvalue weighted by Crippen LogP contribution is -2.30. The van der Waals surface area contributed by atoms with E-state index in [1.54, 1.807) is 0 Å². The highest BCUT2D eigenvalue weighted by Crippen LogP contribution is 2.18. The highest BCUT2D eigenvalue weighted by atomic mass is 16.6. The van der Waals surface area contributed by atoms with E-state index in [2.05, 4.69) is 75.5 Å². The third-order valence-corrected chi connectivity index (χ3v) is 15.0. The normalized spacial score (nSPS) is 12.4. The highest BCUT2D eigenvalue weighted by molar-refractivity contribution is 5.71. The quantitative estimate of drug-likeness (QED) is 0.0261. The number of carbonyl (C=O) groups excluding carboxylic acids is 3. The van der Waals surface area contributed by atoms with Gasteiger partial charge in [-0.1, -0.05) is 326 Å². The zero-order valence-electron chi connectivity index (χ0n) is 51.5. The molecular weight excluding hydrogens is 949 g/mol. The summed E-state index contributed by atoms with van der Waals surface area (Å²) in [5.41, 5.74) is 0. The van der Waals surface area contributed by atoms with E-state index >= 15 is 0 Å². The molecule has 448 valence electrons. The number of esters is 3. The summed E-state index contributed by atoms with van der Waals surface area (Å²) in [5.74, 6) is -0.966. The van der Waals surface area contributed by atoms with Crippen LogP contribution in [0.2, 0.25) is 0 Å². The number of allylic oxidation sites excluding steroid dienone is 10. The van der Waals surface area contributed by atoms with E-state index in [-0.39, 0.29) is 37.5 Å². The van der Waals surface area contributed by atoms with Gasteiger partial charge >= 0.3 is 17.9 Å². The molecule has 0 radical (unpaired) electrons. The molecule has 0 saturated heterocycles. The Morgan fingerprint density at radius 2 is 0.532 bits per heavy atom. The summed E-state index contributed by atoms with van der Waals surface area (Å²) in [6.45, 7) is 6.51. The minimum Gasteiger partial charge on any atom is -0.462 e. The van der Waals surface area contributed by atoms with Crippen LogP contribution in [0.5, 0.6) is 0 Å². The average Bonchev–Trinajstić information content (AvgIpc) is 3.43. The molecule has 0 fully saturated rings. The van der Waals surface area contributed by atoms with E-state index in [0.29, 0.717) is 19.3 Å². The molecule has 0 N–H and O–H groups in total. The molecular formula is C71H128O6. The van der Waals surface area contributed by atoms with Crippen LogP contribution in [-0.2, 0) is 28.6 Å². The molecule has 0 aliphatic carbocycles. The molecule has 77 heavy (non-hydrogen) atoms. The SMILES string of the molecule is CC/C=C\C/C=C\C/C=C\C/C=C\CCC(=O)OCC(COC(=O)CCCCCCCCCCCCCCCCCCCCCCCCCCCCCC)OC(=O)CCCCCCCCC/C=C\CCCCCCCCC. The van der Waals surface area contributed by atoms with Gasteiger partial charge in [-0.05, 0) is 70.6 Å². The lowest BCUT2D eigenvalue weighted by molar-refractivity contribution is -0.166. The van der Waals surface area contributed by atoms with Gasteiger partial charge in [0, 0.05) is 19.3 Å². The number of carbonyl (C=O) groups is 3. The van der Waals surface area contributed by atoms with Crippen molar-refractivity contribution >= 4 is 17.9 Å². The first-order valence-electron chi connectivity index (χ1n) is 33.8. The zero-order valence-corrected chi connectivity index (χ0v) is 51.5. The molecule has 0 aromatic carbocycles. The lowest BCUT2D eigenvalue weighted by atomic mass is 10.0. The average molecular weight is 1080 g/mol. The van der Waals surface area contributed by atoms with Gasteiger partial charge in [-0.25, -0.2) is 0 Å². The summed E-state index contributed by atoms with van der Waals surface area (Å²) in [6, 6.07) is 0. The fraction of sp³-hybridized carbons (Fsp3) is 0.817. The third kappa shape index (κ3) is 63.8. The highest BCUT2D eigenvalue weighted by Gasteiger charge is 2.19. The van der Waals surface area contributed by atoms with Crippen LogP contribution >= 0.6 is 0 Å². The molecule has 0 heterocycles. The first-order valence-corrected chi connectivity index (χ1v) is 33.8. The molecule has 0 aromatic heterocycles. The monoisotopic (exact) mass is 1080 g/mol. The van der Waals surface area contributed by atoms with Crippen LogP contribution in [0.15, 0.2) is 60.8 Å². The maximum Gasteiger partial charge on any atom is 0.306 e. The molecule has 0 amide bonds. The number of rotatable bonds is 62. The van der Waals surface area contributed by atoms with E-state index in [4.69, 9.17) is 14.2 Å². The third-order valence-electron chi connectivity index (χ3n) is 15.0. The Morgan fingerprint density at radius 1 is 0.273 bits per heavy atom. The molecule has 1 atom stereocenters. The first-order chi connectivity index (χ1) is 38.0. The molecule has 6 heteroatoms. The first kappa shape index (κ1) is 74.1.